The maximum Gasteiger partial charge on any atom is 0.233 e. The Kier molecular flexibility index (Phi) is 3.52. The maximum absolute atomic E-state index is 11.4. The zero-order valence-electron chi connectivity index (χ0n) is 11.5. The minimum Gasteiger partial charge on any atom is -0.358 e. The number of benzene rings is 2. The van der Waals surface area contributed by atoms with Crippen LogP contribution in [0.5, 0.6) is 0 Å². The van der Waals surface area contributed by atoms with Crippen molar-refractivity contribution in [3.05, 3.63) is 59.7 Å². The summed E-state index contributed by atoms with van der Waals surface area (Å²) >= 11 is 0. The van der Waals surface area contributed by atoms with Crippen molar-refractivity contribution < 1.29 is 4.79 Å². The third kappa shape index (κ3) is 2.32. The highest BCUT2D eigenvalue weighted by Crippen LogP contribution is 2.37. The Labute approximate surface area is 119 Å². The van der Waals surface area contributed by atoms with Crippen molar-refractivity contribution in [2.45, 2.75) is 12.5 Å². The molecule has 0 radical (unpaired) electrons. The topological polar surface area (TPSA) is 41.1 Å². The molecule has 0 saturated carbocycles. The number of hydrogen-bond donors (Lipinski definition) is 2. The van der Waals surface area contributed by atoms with Gasteiger partial charge in [-0.15, -0.1) is 0 Å². The smallest absolute Gasteiger partial charge is 0.233 e. The van der Waals surface area contributed by atoms with Crippen LogP contribution < -0.4 is 10.6 Å². The molecule has 3 rings (SSSR count). The second kappa shape index (κ2) is 5.47. The zero-order valence-corrected chi connectivity index (χ0v) is 11.5. The summed E-state index contributed by atoms with van der Waals surface area (Å²) in [5, 5.41) is 6.00. The van der Waals surface area contributed by atoms with Gasteiger partial charge in [-0.25, -0.2) is 0 Å². The lowest BCUT2D eigenvalue weighted by Crippen LogP contribution is -2.35. The molecule has 0 aromatic heterocycles. The van der Waals surface area contributed by atoms with Crippen molar-refractivity contribution in [1.82, 2.24) is 10.6 Å². The van der Waals surface area contributed by atoms with Gasteiger partial charge in [-0.2, -0.15) is 0 Å². The van der Waals surface area contributed by atoms with E-state index >= 15 is 0 Å². The zero-order chi connectivity index (χ0) is 13.9. The lowest BCUT2D eigenvalue weighted by atomic mass is 9.82. The van der Waals surface area contributed by atoms with Crippen molar-refractivity contribution in [3.8, 4) is 11.1 Å². The summed E-state index contributed by atoms with van der Waals surface area (Å²) in [6.45, 7) is 0.345. The molecule has 2 aromatic carbocycles. The van der Waals surface area contributed by atoms with Crippen LogP contribution in [0.25, 0.3) is 11.1 Å². The maximum atomic E-state index is 11.4. The molecule has 3 nitrogen and oxygen atoms in total. The Morgan fingerprint density at radius 3 is 2.60 bits per heavy atom. The average molecular weight is 266 g/mol. The first-order valence-corrected chi connectivity index (χ1v) is 6.91. The van der Waals surface area contributed by atoms with Crippen LogP contribution in [0.15, 0.2) is 48.5 Å². The van der Waals surface area contributed by atoms with Gasteiger partial charge >= 0.3 is 0 Å². The van der Waals surface area contributed by atoms with E-state index < -0.39 is 0 Å². The Morgan fingerprint density at radius 1 is 1.10 bits per heavy atom. The molecule has 0 fully saturated rings. The van der Waals surface area contributed by atoms with Crippen LogP contribution in [0, 0.1) is 0 Å². The molecule has 0 saturated heterocycles. The van der Waals surface area contributed by atoms with Crippen molar-refractivity contribution >= 4 is 5.91 Å². The molecule has 1 unspecified atom stereocenters. The lowest BCUT2D eigenvalue weighted by Gasteiger charge is -2.28. The Hall–Kier alpha value is -2.13. The molecule has 0 aliphatic heterocycles. The van der Waals surface area contributed by atoms with Crippen molar-refractivity contribution in [2.24, 2.45) is 0 Å². The summed E-state index contributed by atoms with van der Waals surface area (Å²) in [6.07, 6.45) is 0.921. The molecule has 102 valence electrons. The van der Waals surface area contributed by atoms with Gasteiger partial charge in [0.25, 0.3) is 0 Å². The second-order valence-electron chi connectivity index (χ2n) is 5.06. The van der Waals surface area contributed by atoms with Crippen molar-refractivity contribution in [3.63, 3.8) is 0 Å². The van der Waals surface area contributed by atoms with Gasteiger partial charge in [-0.05, 0) is 28.7 Å². The first-order valence-electron chi connectivity index (χ1n) is 6.91. The lowest BCUT2D eigenvalue weighted by molar-refractivity contribution is -0.119. The fourth-order valence-electron chi connectivity index (χ4n) is 2.82. The van der Waals surface area contributed by atoms with E-state index in [-0.39, 0.29) is 11.9 Å². The summed E-state index contributed by atoms with van der Waals surface area (Å²) in [5.41, 5.74) is 5.18. The first-order chi connectivity index (χ1) is 9.79. The third-order valence-corrected chi connectivity index (χ3v) is 3.86. The summed E-state index contributed by atoms with van der Waals surface area (Å²) < 4.78 is 0. The fraction of sp³-hybridized carbons (Fsp3) is 0.235. The molecule has 0 heterocycles. The van der Waals surface area contributed by atoms with Crippen LogP contribution in [0.4, 0.5) is 0 Å². The van der Waals surface area contributed by atoms with E-state index in [1.165, 1.54) is 22.3 Å². The minimum atomic E-state index is 0.0151. The van der Waals surface area contributed by atoms with Crippen LogP contribution in [-0.2, 0) is 11.2 Å². The van der Waals surface area contributed by atoms with Gasteiger partial charge in [0.2, 0.25) is 5.91 Å². The molecule has 1 atom stereocenters. The van der Waals surface area contributed by atoms with E-state index in [1.807, 2.05) is 0 Å². The van der Waals surface area contributed by atoms with E-state index in [0.29, 0.717) is 6.54 Å². The molecule has 1 amide bonds. The van der Waals surface area contributed by atoms with E-state index in [2.05, 4.69) is 59.2 Å². The molecule has 20 heavy (non-hydrogen) atoms. The highest BCUT2D eigenvalue weighted by atomic mass is 16.1. The third-order valence-electron chi connectivity index (χ3n) is 3.86. The molecule has 2 aromatic rings. The van der Waals surface area contributed by atoms with Crippen LogP contribution in [-0.4, -0.2) is 19.5 Å². The Bertz CT molecular complexity index is 636. The number of rotatable bonds is 3. The van der Waals surface area contributed by atoms with E-state index in [0.717, 1.165) is 6.42 Å². The van der Waals surface area contributed by atoms with Crippen LogP contribution >= 0.6 is 0 Å². The van der Waals surface area contributed by atoms with E-state index in [9.17, 15) is 4.79 Å². The number of carbonyl (C=O) groups is 1. The summed E-state index contributed by atoms with van der Waals surface area (Å²) in [6, 6.07) is 17.1. The molecule has 0 bridgehead atoms. The van der Waals surface area contributed by atoms with Crippen molar-refractivity contribution in [2.75, 3.05) is 13.6 Å². The number of hydrogen-bond acceptors (Lipinski definition) is 2. The van der Waals surface area contributed by atoms with Gasteiger partial charge in [0.15, 0.2) is 0 Å². The van der Waals surface area contributed by atoms with E-state index in [4.69, 9.17) is 0 Å². The van der Waals surface area contributed by atoms with Gasteiger partial charge < -0.3 is 10.6 Å². The molecule has 2 N–H and O–H groups in total. The van der Waals surface area contributed by atoms with Crippen molar-refractivity contribution in [1.29, 1.82) is 0 Å². The molecular weight excluding hydrogens is 248 g/mol. The monoisotopic (exact) mass is 266 g/mol. The minimum absolute atomic E-state index is 0.0151. The number of fused-ring (bicyclic) bond motifs is 3. The average Bonchev–Trinajstić information content (AvgIpc) is 2.52. The molecule has 1 aliphatic rings. The van der Waals surface area contributed by atoms with Gasteiger partial charge in [0.05, 0.1) is 6.54 Å². The quantitative estimate of drug-likeness (QED) is 0.895. The molecule has 1 aliphatic carbocycles. The number of nitrogens with one attached hydrogen (secondary N) is 2. The SMILES string of the molecule is CNC(=O)CNC1Cc2ccccc2-c2ccccc21. The number of amides is 1. The number of carbonyl (C=O) groups excluding carboxylic acids is 1. The molecule has 3 heteroatoms. The molecular formula is C17H18N2O. The highest BCUT2D eigenvalue weighted by molar-refractivity contribution is 5.78. The van der Waals surface area contributed by atoms with Crippen LogP contribution in [0.3, 0.4) is 0 Å². The predicted molar refractivity (Wildman–Crippen MR) is 80.4 cm³/mol. The first kappa shape index (κ1) is 12.9. The molecule has 0 spiro atoms. The normalized spacial score (nSPS) is 16.1. The summed E-state index contributed by atoms with van der Waals surface area (Å²) in [5.74, 6) is 0.0151. The van der Waals surface area contributed by atoms with Gasteiger partial charge in [-0.1, -0.05) is 48.5 Å². The number of likely N-dealkylation sites (N-methyl/N-ethyl adjacent to an activating group) is 1. The van der Waals surface area contributed by atoms with Gasteiger partial charge in [0, 0.05) is 13.1 Å². The van der Waals surface area contributed by atoms with E-state index in [1.54, 1.807) is 7.05 Å². The fourth-order valence-corrected chi connectivity index (χ4v) is 2.82. The summed E-state index contributed by atoms with van der Waals surface area (Å²) in [7, 11) is 1.66. The standard InChI is InChI=1S/C17H18N2O/c1-18-17(20)11-19-16-10-12-6-2-3-7-13(12)14-8-4-5-9-15(14)16/h2-9,16,19H,10-11H2,1H3,(H,18,20). The highest BCUT2D eigenvalue weighted by Gasteiger charge is 2.23. The van der Waals surface area contributed by atoms with Gasteiger partial charge in [0.1, 0.15) is 0 Å². The Morgan fingerprint density at radius 2 is 1.80 bits per heavy atom. The summed E-state index contributed by atoms with van der Waals surface area (Å²) in [4.78, 5) is 11.4. The second-order valence-corrected chi connectivity index (χ2v) is 5.06. The van der Waals surface area contributed by atoms with Crippen LogP contribution in [0.2, 0.25) is 0 Å². The largest absolute Gasteiger partial charge is 0.358 e. The van der Waals surface area contributed by atoms with Gasteiger partial charge in [-0.3, -0.25) is 4.79 Å². The van der Waals surface area contributed by atoms with Crippen LogP contribution in [0.1, 0.15) is 17.2 Å². The Balaban J connectivity index is 1.94. The predicted octanol–water partition coefficient (Wildman–Crippen LogP) is 2.29.